The average molecular weight is 149 g/mol. The topological polar surface area (TPSA) is 69.6 Å². The summed E-state index contributed by atoms with van der Waals surface area (Å²) in [5.74, 6) is 0.389. The second kappa shape index (κ2) is 1.54. The first-order valence-electron chi connectivity index (χ1n) is 1.65. The van der Waals surface area contributed by atoms with Crippen LogP contribution in [0.25, 0.3) is 0 Å². The Morgan fingerprint density at radius 1 is 1.71 bits per heavy atom. The predicted octanol–water partition coefficient (Wildman–Crippen LogP) is -1.43. The van der Waals surface area contributed by atoms with Crippen LogP contribution in [0.4, 0.5) is 5.95 Å². The van der Waals surface area contributed by atoms with Gasteiger partial charge < -0.3 is 0 Å². The maximum atomic E-state index is 5.20. The third-order valence-electron chi connectivity index (χ3n) is 0.560. The molecule has 0 saturated carbocycles. The van der Waals surface area contributed by atoms with Crippen molar-refractivity contribution in [3.8, 4) is 0 Å². The number of nitrogens with two attached hydrogens (primary N) is 1. The maximum absolute atomic E-state index is 5.20. The van der Waals surface area contributed by atoms with Gasteiger partial charge in [0.15, 0.2) is 0 Å². The molecule has 0 aliphatic rings. The molecule has 1 aromatic heterocycles. The van der Waals surface area contributed by atoms with Gasteiger partial charge in [0.25, 0.3) is 0 Å². The molecule has 7 heavy (non-hydrogen) atoms. The van der Waals surface area contributed by atoms with Gasteiger partial charge >= 0.3 is 49.2 Å². The van der Waals surface area contributed by atoms with Crippen molar-refractivity contribution in [2.24, 2.45) is 0 Å². The van der Waals surface area contributed by atoms with E-state index in [0.717, 1.165) is 18.5 Å². The fourth-order valence-electron chi connectivity index (χ4n) is 0.212. The number of nitrogen functional groups attached to an aromatic ring is 1. The van der Waals surface area contributed by atoms with Gasteiger partial charge in [-0.3, -0.25) is 0 Å². The molecule has 5 nitrogen and oxygen atoms in total. The van der Waals surface area contributed by atoms with E-state index in [1.165, 1.54) is 3.42 Å². The zero-order valence-electron chi connectivity index (χ0n) is 3.57. The Hall–Kier alpha value is -0.507. The van der Waals surface area contributed by atoms with Crippen LogP contribution in [0.1, 0.15) is 0 Å². The van der Waals surface area contributed by atoms with Crippen molar-refractivity contribution in [1.82, 2.24) is 19.0 Å². The Morgan fingerprint density at radius 2 is 2.43 bits per heavy atom. The van der Waals surface area contributed by atoms with E-state index in [2.05, 4.69) is 15.5 Å². The van der Waals surface area contributed by atoms with Crippen LogP contribution in [-0.2, 0) is 18.5 Å². The summed E-state index contributed by atoms with van der Waals surface area (Å²) in [6, 6.07) is 0. The minimum absolute atomic E-state index is 0.389. The van der Waals surface area contributed by atoms with Gasteiger partial charge in [-0.05, 0) is 0 Å². The Kier molecular flexibility index (Phi) is 1.02. The van der Waals surface area contributed by atoms with Gasteiger partial charge in [-0.25, -0.2) is 0 Å². The van der Waals surface area contributed by atoms with Crippen LogP contribution in [0.5, 0.6) is 0 Å². The summed E-state index contributed by atoms with van der Waals surface area (Å²) in [6.07, 6.45) is 0. The summed E-state index contributed by atoms with van der Waals surface area (Å²) in [6.45, 7) is 0. The first-order valence-corrected chi connectivity index (χ1v) is 2.98. The van der Waals surface area contributed by atoms with Gasteiger partial charge in [0.2, 0.25) is 0 Å². The fraction of sp³-hybridized carbons (Fsp3) is 0. The molecule has 0 saturated heterocycles. The monoisotopic (exact) mass is 148 g/mol. The van der Waals surface area contributed by atoms with Gasteiger partial charge in [0, 0.05) is 0 Å². The molecule has 0 atom stereocenters. The van der Waals surface area contributed by atoms with Gasteiger partial charge in [0.1, 0.15) is 0 Å². The number of anilines is 1. The molecule has 33 valence electrons. The second-order valence-electron chi connectivity index (χ2n) is 1.04. The van der Waals surface area contributed by atoms with Crippen LogP contribution < -0.4 is 5.73 Å². The third-order valence-corrected chi connectivity index (χ3v) is 1.50. The quantitative estimate of drug-likeness (QED) is 0.459. The molecule has 0 aromatic carbocycles. The molecule has 0 aliphatic heterocycles. The van der Waals surface area contributed by atoms with Crippen molar-refractivity contribution in [3.05, 3.63) is 0 Å². The van der Waals surface area contributed by atoms with Crippen LogP contribution in [0.3, 0.4) is 0 Å². The third kappa shape index (κ3) is 0.744. The summed E-state index contributed by atoms with van der Waals surface area (Å²) in [7, 11) is 0. The number of aromatic nitrogens is 4. The Morgan fingerprint density at radius 3 is 2.57 bits per heavy atom. The van der Waals surface area contributed by atoms with E-state index in [-0.39, 0.29) is 0 Å². The number of tetrazole rings is 1. The SMILES string of the molecule is Nc1nnn[n]1[Zn]. The van der Waals surface area contributed by atoms with Crippen LogP contribution in [0, 0.1) is 0 Å². The van der Waals surface area contributed by atoms with E-state index >= 15 is 0 Å². The number of nitrogens with zero attached hydrogens (tertiary/aromatic N) is 4. The van der Waals surface area contributed by atoms with Gasteiger partial charge in [-0.1, -0.05) is 0 Å². The molecule has 0 aliphatic carbocycles. The number of hydrogen-bond donors (Lipinski definition) is 1. The summed E-state index contributed by atoms with van der Waals surface area (Å²) in [5, 5.41) is 10.2. The Labute approximate surface area is 49.8 Å². The Balaban J connectivity index is 3.12. The molecule has 6 heteroatoms. The second-order valence-corrected chi connectivity index (χ2v) is 2.29. The first kappa shape index (κ1) is 4.65. The van der Waals surface area contributed by atoms with Crippen molar-refractivity contribution in [1.29, 1.82) is 0 Å². The van der Waals surface area contributed by atoms with Crippen molar-refractivity contribution in [3.63, 3.8) is 0 Å². The number of rotatable bonds is 0. The van der Waals surface area contributed by atoms with Crippen molar-refractivity contribution in [2.75, 3.05) is 5.73 Å². The molecule has 0 radical (unpaired) electrons. The molecule has 0 bridgehead atoms. The van der Waals surface area contributed by atoms with Crippen LogP contribution >= 0.6 is 0 Å². The molecule has 1 rings (SSSR count). The van der Waals surface area contributed by atoms with Crippen LogP contribution in [0.15, 0.2) is 0 Å². The number of hydrogen-bond acceptors (Lipinski definition) is 4. The summed E-state index contributed by atoms with van der Waals surface area (Å²) < 4.78 is 1.51. The zero-order valence-corrected chi connectivity index (χ0v) is 6.54. The molecular weight excluding hydrogens is 147 g/mol. The fourth-order valence-corrected chi connectivity index (χ4v) is 0.463. The van der Waals surface area contributed by atoms with E-state index in [1.807, 2.05) is 0 Å². The Bertz CT molecular complexity index is 140. The summed E-state index contributed by atoms with van der Waals surface area (Å²) in [5.41, 5.74) is 5.20. The van der Waals surface area contributed by atoms with Gasteiger partial charge in [-0.15, -0.1) is 0 Å². The van der Waals surface area contributed by atoms with Crippen LogP contribution in [-0.4, -0.2) is 19.0 Å². The van der Waals surface area contributed by atoms with E-state index in [1.54, 1.807) is 0 Å². The first-order chi connectivity index (χ1) is 3.30. The normalized spacial score (nSPS) is 9.43. The average Bonchev–Trinajstić information content (AvgIpc) is 1.91. The van der Waals surface area contributed by atoms with E-state index in [9.17, 15) is 0 Å². The molecule has 0 unspecified atom stereocenters. The molecule has 1 aromatic rings. The molecule has 1 heterocycles. The standard InChI is InChI=1S/CH2N5.Zn/c2-1-3-5-6-4-1;/h(H2-,2,3,4,5,6);/q-1;+1. The van der Waals surface area contributed by atoms with Crippen molar-refractivity contribution < 1.29 is 18.5 Å². The van der Waals surface area contributed by atoms with Crippen molar-refractivity contribution in [2.45, 2.75) is 0 Å². The predicted molar refractivity (Wildman–Crippen MR) is 17.6 cm³/mol. The van der Waals surface area contributed by atoms with E-state index in [0.29, 0.717) is 5.95 Å². The molecule has 0 fully saturated rings. The van der Waals surface area contributed by atoms with Gasteiger partial charge in [-0.2, -0.15) is 0 Å². The zero-order chi connectivity index (χ0) is 5.28. The summed E-state index contributed by atoms with van der Waals surface area (Å²) in [4.78, 5) is 0. The van der Waals surface area contributed by atoms with Gasteiger partial charge in [0.05, 0.1) is 0 Å². The van der Waals surface area contributed by atoms with E-state index in [4.69, 9.17) is 5.73 Å². The van der Waals surface area contributed by atoms with Crippen LogP contribution in [0.2, 0.25) is 0 Å². The van der Waals surface area contributed by atoms with E-state index < -0.39 is 0 Å². The minimum atomic E-state index is 0.389. The summed E-state index contributed by atoms with van der Waals surface area (Å²) >= 11 is 0.846. The van der Waals surface area contributed by atoms with Crippen molar-refractivity contribution >= 4 is 5.95 Å². The molecule has 0 spiro atoms. The molecular formula is CH2N5Zn. The molecule has 2 N–H and O–H groups in total. The molecule has 0 amide bonds.